The second kappa shape index (κ2) is 6.20. The number of aliphatic carboxylic acids is 1. The lowest BCUT2D eigenvalue weighted by atomic mass is 10.0. The average molecular weight is 323 g/mol. The standard InChI is InChI=1S/C19H17NO4/c1-12(19(22)23)20(2)18(21)16-14-10-6-7-11-15(14)24-17(16)13-8-4-3-5-9-13/h3-12H,1-2H3,(H,22,23)/t12-/m1/s1. The molecule has 0 fully saturated rings. The molecule has 0 radical (unpaired) electrons. The van der Waals surface area contributed by atoms with Gasteiger partial charge >= 0.3 is 5.97 Å². The minimum atomic E-state index is -1.06. The number of hydrogen-bond acceptors (Lipinski definition) is 3. The van der Waals surface area contributed by atoms with Gasteiger partial charge in [0, 0.05) is 18.0 Å². The SMILES string of the molecule is C[C@H](C(=O)O)N(C)C(=O)c1c(-c2ccccc2)oc2ccccc12. The van der Waals surface area contributed by atoms with Gasteiger partial charge in [0.1, 0.15) is 17.4 Å². The molecular formula is C19H17NO4. The van der Waals surface area contributed by atoms with Crippen LogP contribution in [-0.2, 0) is 4.79 Å². The van der Waals surface area contributed by atoms with E-state index in [1.54, 1.807) is 12.1 Å². The number of carboxylic acids is 1. The maximum absolute atomic E-state index is 13.0. The first-order chi connectivity index (χ1) is 11.5. The number of furan rings is 1. The smallest absolute Gasteiger partial charge is 0.326 e. The summed E-state index contributed by atoms with van der Waals surface area (Å²) in [6.07, 6.45) is 0. The fourth-order valence-electron chi connectivity index (χ4n) is 2.57. The molecule has 1 atom stereocenters. The molecule has 0 aliphatic carbocycles. The summed E-state index contributed by atoms with van der Waals surface area (Å²) in [6.45, 7) is 1.48. The molecule has 24 heavy (non-hydrogen) atoms. The highest BCUT2D eigenvalue weighted by Crippen LogP contribution is 2.34. The maximum Gasteiger partial charge on any atom is 0.326 e. The molecule has 1 amide bonds. The van der Waals surface area contributed by atoms with Crippen molar-refractivity contribution in [2.45, 2.75) is 13.0 Å². The van der Waals surface area contributed by atoms with Crippen LogP contribution in [0.15, 0.2) is 59.0 Å². The number of carbonyl (C=O) groups excluding carboxylic acids is 1. The molecule has 0 saturated carbocycles. The van der Waals surface area contributed by atoms with E-state index in [9.17, 15) is 14.7 Å². The van der Waals surface area contributed by atoms with E-state index in [0.29, 0.717) is 22.3 Å². The Morgan fingerprint density at radius 2 is 1.67 bits per heavy atom. The van der Waals surface area contributed by atoms with Crippen LogP contribution in [0.5, 0.6) is 0 Å². The lowest BCUT2D eigenvalue weighted by Crippen LogP contribution is -2.40. The van der Waals surface area contributed by atoms with E-state index in [0.717, 1.165) is 5.56 Å². The van der Waals surface area contributed by atoms with Gasteiger partial charge in [-0.3, -0.25) is 4.79 Å². The minimum absolute atomic E-state index is 0.381. The molecule has 0 bridgehead atoms. The molecule has 0 aliphatic heterocycles. The van der Waals surface area contributed by atoms with E-state index in [1.807, 2.05) is 42.5 Å². The van der Waals surface area contributed by atoms with Crippen molar-refractivity contribution in [3.05, 3.63) is 60.2 Å². The van der Waals surface area contributed by atoms with Crippen LogP contribution in [0.3, 0.4) is 0 Å². The number of para-hydroxylation sites is 1. The molecule has 1 aromatic heterocycles. The van der Waals surface area contributed by atoms with Crippen LogP contribution in [0.1, 0.15) is 17.3 Å². The number of hydrogen-bond donors (Lipinski definition) is 1. The second-order valence-corrected chi connectivity index (χ2v) is 5.60. The number of fused-ring (bicyclic) bond motifs is 1. The van der Waals surface area contributed by atoms with E-state index in [4.69, 9.17) is 4.42 Å². The van der Waals surface area contributed by atoms with E-state index >= 15 is 0 Å². The number of carbonyl (C=O) groups is 2. The quantitative estimate of drug-likeness (QED) is 0.795. The van der Waals surface area contributed by atoms with Crippen molar-refractivity contribution in [1.82, 2.24) is 4.90 Å². The maximum atomic E-state index is 13.0. The predicted molar refractivity (Wildman–Crippen MR) is 90.8 cm³/mol. The van der Waals surface area contributed by atoms with Crippen molar-refractivity contribution < 1.29 is 19.1 Å². The van der Waals surface area contributed by atoms with Crippen molar-refractivity contribution in [3.63, 3.8) is 0 Å². The van der Waals surface area contributed by atoms with Gasteiger partial charge < -0.3 is 14.4 Å². The van der Waals surface area contributed by atoms with Gasteiger partial charge in [0.15, 0.2) is 0 Å². The summed E-state index contributed by atoms with van der Waals surface area (Å²) in [5.41, 5.74) is 1.75. The summed E-state index contributed by atoms with van der Waals surface area (Å²) in [5, 5.41) is 9.85. The highest BCUT2D eigenvalue weighted by molar-refractivity contribution is 6.11. The third-order valence-electron chi connectivity index (χ3n) is 4.10. The molecule has 1 heterocycles. The largest absolute Gasteiger partial charge is 0.480 e. The van der Waals surface area contributed by atoms with Crippen molar-refractivity contribution in [3.8, 4) is 11.3 Å². The molecule has 0 saturated heterocycles. The van der Waals surface area contributed by atoms with Crippen LogP contribution in [0, 0.1) is 0 Å². The van der Waals surface area contributed by atoms with Gasteiger partial charge in [-0.1, -0.05) is 48.5 Å². The Hall–Kier alpha value is -3.08. The third-order valence-corrected chi connectivity index (χ3v) is 4.10. The molecule has 5 heteroatoms. The van der Waals surface area contributed by atoms with Crippen LogP contribution >= 0.6 is 0 Å². The topological polar surface area (TPSA) is 70.8 Å². The Bertz CT molecular complexity index is 898. The summed E-state index contributed by atoms with van der Waals surface area (Å²) in [6, 6.07) is 15.6. The van der Waals surface area contributed by atoms with Gasteiger partial charge in [-0.25, -0.2) is 4.79 Å². The highest BCUT2D eigenvalue weighted by atomic mass is 16.4. The van der Waals surface area contributed by atoms with E-state index in [2.05, 4.69) is 0 Å². The Morgan fingerprint density at radius 1 is 1.04 bits per heavy atom. The summed E-state index contributed by atoms with van der Waals surface area (Å²) in [5.74, 6) is -0.986. The molecule has 2 aromatic carbocycles. The molecule has 1 N–H and O–H groups in total. The highest BCUT2D eigenvalue weighted by Gasteiger charge is 2.29. The summed E-state index contributed by atoms with van der Waals surface area (Å²) in [7, 11) is 1.48. The van der Waals surface area contributed by atoms with Gasteiger partial charge in [0.05, 0.1) is 5.56 Å². The number of likely N-dealkylation sites (N-methyl/N-ethyl adjacent to an activating group) is 1. The monoisotopic (exact) mass is 323 g/mol. The fourth-order valence-corrected chi connectivity index (χ4v) is 2.57. The Balaban J connectivity index is 2.19. The molecule has 5 nitrogen and oxygen atoms in total. The zero-order valence-corrected chi connectivity index (χ0v) is 13.4. The number of benzene rings is 2. The molecule has 0 unspecified atom stereocenters. The fraction of sp³-hybridized carbons (Fsp3) is 0.158. The molecule has 0 spiro atoms. The van der Waals surface area contributed by atoms with Gasteiger partial charge in [0.2, 0.25) is 0 Å². The van der Waals surface area contributed by atoms with Crippen LogP contribution < -0.4 is 0 Å². The predicted octanol–water partition coefficient (Wildman–Crippen LogP) is 3.64. The number of carboxylic acid groups (broad SMARTS) is 1. The first-order valence-electron chi connectivity index (χ1n) is 7.57. The lowest BCUT2D eigenvalue weighted by Gasteiger charge is -2.21. The second-order valence-electron chi connectivity index (χ2n) is 5.60. The zero-order chi connectivity index (χ0) is 17.3. The van der Waals surface area contributed by atoms with Crippen molar-refractivity contribution in [1.29, 1.82) is 0 Å². The van der Waals surface area contributed by atoms with Crippen molar-refractivity contribution in [2.75, 3.05) is 7.05 Å². The van der Waals surface area contributed by atoms with Crippen LogP contribution in [-0.4, -0.2) is 35.0 Å². The Kier molecular flexibility index (Phi) is 4.08. The van der Waals surface area contributed by atoms with Gasteiger partial charge in [0.25, 0.3) is 5.91 Å². The molecule has 122 valence electrons. The van der Waals surface area contributed by atoms with Crippen LogP contribution in [0.2, 0.25) is 0 Å². The number of rotatable bonds is 4. The van der Waals surface area contributed by atoms with E-state index in [1.165, 1.54) is 18.9 Å². The Morgan fingerprint density at radius 3 is 2.33 bits per heavy atom. The molecule has 0 aliphatic rings. The van der Waals surface area contributed by atoms with Gasteiger partial charge in [-0.05, 0) is 13.0 Å². The third kappa shape index (κ3) is 2.65. The summed E-state index contributed by atoms with van der Waals surface area (Å²) in [4.78, 5) is 25.4. The lowest BCUT2D eigenvalue weighted by molar-refractivity contribution is -0.141. The first kappa shape index (κ1) is 15.8. The number of amides is 1. The summed E-state index contributed by atoms with van der Waals surface area (Å²) >= 11 is 0. The molecular weight excluding hydrogens is 306 g/mol. The first-order valence-corrected chi connectivity index (χ1v) is 7.57. The number of nitrogens with zero attached hydrogens (tertiary/aromatic N) is 1. The molecule has 3 rings (SSSR count). The van der Waals surface area contributed by atoms with Crippen molar-refractivity contribution >= 4 is 22.8 Å². The summed E-state index contributed by atoms with van der Waals surface area (Å²) < 4.78 is 5.90. The normalized spacial score (nSPS) is 12.1. The molecule has 3 aromatic rings. The van der Waals surface area contributed by atoms with Crippen molar-refractivity contribution in [2.24, 2.45) is 0 Å². The van der Waals surface area contributed by atoms with Crippen LogP contribution in [0.4, 0.5) is 0 Å². The zero-order valence-electron chi connectivity index (χ0n) is 13.4. The van der Waals surface area contributed by atoms with E-state index in [-0.39, 0.29) is 5.91 Å². The van der Waals surface area contributed by atoms with Gasteiger partial charge in [-0.15, -0.1) is 0 Å². The van der Waals surface area contributed by atoms with Gasteiger partial charge in [-0.2, -0.15) is 0 Å². The van der Waals surface area contributed by atoms with E-state index < -0.39 is 12.0 Å². The minimum Gasteiger partial charge on any atom is -0.480 e. The Labute approximate surface area is 139 Å². The van der Waals surface area contributed by atoms with Crippen LogP contribution in [0.25, 0.3) is 22.3 Å². The average Bonchev–Trinajstić information content (AvgIpc) is 3.00.